The number of carbonyl (C=O) groups excluding carboxylic acids is 2. The first-order valence-corrected chi connectivity index (χ1v) is 12.4. The molecule has 14 nitrogen and oxygen atoms in total. The van der Waals surface area contributed by atoms with E-state index < -0.39 is 21.5 Å². The minimum atomic E-state index is -3.83. The highest BCUT2D eigenvalue weighted by Gasteiger charge is 2.22. The SMILES string of the molecule is COCc1c(/N=N/c2ccc(S(=O)(=O)NCCNC(C)=O)cc2)c(O)n(CCNC(C)=O)c(=O)c1C#N. The molecule has 1 aromatic heterocycles. The van der Waals surface area contributed by atoms with E-state index in [1.54, 1.807) is 6.07 Å². The number of aromatic hydroxyl groups is 1. The maximum atomic E-state index is 12.7. The summed E-state index contributed by atoms with van der Waals surface area (Å²) >= 11 is 0. The molecule has 0 unspecified atom stereocenters. The van der Waals surface area contributed by atoms with E-state index >= 15 is 0 Å². The van der Waals surface area contributed by atoms with Crippen LogP contribution in [0, 0.1) is 11.3 Å². The van der Waals surface area contributed by atoms with Crippen LogP contribution in [-0.4, -0.2) is 56.6 Å². The Hall–Kier alpha value is -4.13. The summed E-state index contributed by atoms with van der Waals surface area (Å²) < 4.78 is 33.1. The Morgan fingerprint density at radius 1 is 1.08 bits per heavy atom. The number of sulfonamides is 1. The minimum absolute atomic E-state index is 0.00377. The molecule has 0 aliphatic rings. The van der Waals surface area contributed by atoms with Crippen molar-refractivity contribution in [1.82, 2.24) is 19.9 Å². The van der Waals surface area contributed by atoms with Gasteiger partial charge in [-0.15, -0.1) is 5.11 Å². The molecule has 0 saturated carbocycles. The van der Waals surface area contributed by atoms with Crippen molar-refractivity contribution in [2.75, 3.05) is 26.7 Å². The number of ether oxygens (including phenoxy) is 1. The molecule has 0 aliphatic heterocycles. The Kier molecular flexibility index (Phi) is 10.4. The van der Waals surface area contributed by atoms with Crippen LogP contribution in [0.5, 0.6) is 5.88 Å². The Balaban J connectivity index is 2.36. The highest BCUT2D eigenvalue weighted by atomic mass is 32.2. The first-order valence-electron chi connectivity index (χ1n) is 10.9. The van der Waals surface area contributed by atoms with Gasteiger partial charge in [-0.1, -0.05) is 0 Å². The molecule has 1 aromatic carbocycles. The third-order valence-electron chi connectivity index (χ3n) is 4.83. The van der Waals surface area contributed by atoms with Crippen LogP contribution in [-0.2, 0) is 37.5 Å². The van der Waals surface area contributed by atoms with Crippen molar-refractivity contribution in [2.24, 2.45) is 10.2 Å². The lowest BCUT2D eigenvalue weighted by Gasteiger charge is -2.14. The fourth-order valence-corrected chi connectivity index (χ4v) is 4.14. The number of carbonyl (C=O) groups is 2. The molecule has 2 aromatic rings. The van der Waals surface area contributed by atoms with Gasteiger partial charge in [-0.3, -0.25) is 19.0 Å². The topological polar surface area (TPSA) is 204 Å². The van der Waals surface area contributed by atoms with Crippen LogP contribution in [0.3, 0.4) is 0 Å². The summed E-state index contributed by atoms with van der Waals surface area (Å²) in [6.07, 6.45) is 0. The van der Waals surface area contributed by atoms with Gasteiger partial charge in [-0.05, 0) is 24.3 Å². The van der Waals surface area contributed by atoms with Gasteiger partial charge in [0, 0.05) is 52.7 Å². The lowest BCUT2D eigenvalue weighted by Crippen LogP contribution is -2.33. The van der Waals surface area contributed by atoms with Gasteiger partial charge in [0.15, 0.2) is 5.69 Å². The molecule has 0 bridgehead atoms. The van der Waals surface area contributed by atoms with Gasteiger partial charge in [0.25, 0.3) is 5.56 Å². The molecule has 0 radical (unpaired) electrons. The number of rotatable bonds is 12. The number of pyridine rings is 1. The smallest absolute Gasteiger partial charge is 0.271 e. The third-order valence-corrected chi connectivity index (χ3v) is 6.30. The summed E-state index contributed by atoms with van der Waals surface area (Å²) in [5.41, 5.74) is -1.03. The highest BCUT2D eigenvalue weighted by Crippen LogP contribution is 2.33. The fraction of sp³-hybridized carbons (Fsp3) is 0.364. The molecule has 0 fully saturated rings. The number of methoxy groups -OCH3 is 1. The second kappa shape index (κ2) is 13.3. The average molecular weight is 534 g/mol. The number of nitrogens with one attached hydrogen (secondary N) is 3. The zero-order valence-electron chi connectivity index (χ0n) is 20.4. The van der Waals surface area contributed by atoms with Crippen LogP contribution >= 0.6 is 0 Å². The molecule has 2 amide bonds. The van der Waals surface area contributed by atoms with Crippen molar-refractivity contribution in [2.45, 2.75) is 31.9 Å². The van der Waals surface area contributed by atoms with E-state index in [4.69, 9.17) is 4.74 Å². The second-order valence-corrected chi connectivity index (χ2v) is 9.35. The zero-order chi connectivity index (χ0) is 27.6. The lowest BCUT2D eigenvalue weighted by molar-refractivity contribution is -0.119. The van der Waals surface area contributed by atoms with E-state index in [1.165, 1.54) is 45.2 Å². The quantitative estimate of drug-likeness (QED) is 0.223. The Bertz CT molecular complexity index is 1380. The Morgan fingerprint density at radius 3 is 2.27 bits per heavy atom. The van der Waals surface area contributed by atoms with Crippen molar-refractivity contribution in [3.8, 4) is 11.9 Å². The van der Waals surface area contributed by atoms with E-state index in [2.05, 4.69) is 25.6 Å². The minimum Gasteiger partial charge on any atom is -0.493 e. The maximum absolute atomic E-state index is 12.7. The molecule has 1 heterocycles. The van der Waals surface area contributed by atoms with Crippen LogP contribution in [0.2, 0.25) is 0 Å². The van der Waals surface area contributed by atoms with Crippen LogP contribution in [0.1, 0.15) is 25.0 Å². The number of azo groups is 1. The van der Waals surface area contributed by atoms with Gasteiger partial charge in [-0.25, -0.2) is 13.1 Å². The van der Waals surface area contributed by atoms with Crippen LogP contribution in [0.4, 0.5) is 11.4 Å². The molecule has 198 valence electrons. The number of hydrogen-bond donors (Lipinski definition) is 4. The van der Waals surface area contributed by atoms with E-state index in [1.807, 2.05) is 0 Å². The standard InChI is InChI=1S/C22H27N7O7S/c1-14(30)24-8-9-26-37(34,35)17-6-4-16(5-7-17)27-28-20-19(13-36-3)18(12-23)21(32)29(22(20)33)11-10-25-15(2)31/h4-7,26,33H,8-11,13H2,1-3H3,(H,24,30)(H,25,31)/b28-27+. The summed E-state index contributed by atoms with van der Waals surface area (Å²) in [6.45, 7) is 2.42. The second-order valence-electron chi connectivity index (χ2n) is 7.58. The molecular formula is C22H27N7O7S. The third kappa shape index (κ3) is 7.93. The van der Waals surface area contributed by atoms with Crippen molar-refractivity contribution in [1.29, 1.82) is 5.26 Å². The van der Waals surface area contributed by atoms with Crippen molar-refractivity contribution < 1.29 is 27.9 Å². The fourth-order valence-electron chi connectivity index (χ4n) is 3.10. The van der Waals surface area contributed by atoms with Gasteiger partial charge in [-0.2, -0.15) is 10.4 Å². The van der Waals surface area contributed by atoms with Gasteiger partial charge < -0.3 is 20.5 Å². The van der Waals surface area contributed by atoms with E-state index in [0.29, 0.717) is 0 Å². The summed E-state index contributed by atoms with van der Waals surface area (Å²) in [5, 5.41) is 33.3. The number of nitriles is 1. The Morgan fingerprint density at radius 2 is 1.70 bits per heavy atom. The molecule has 37 heavy (non-hydrogen) atoms. The normalized spacial score (nSPS) is 11.3. The van der Waals surface area contributed by atoms with E-state index in [9.17, 15) is 33.2 Å². The van der Waals surface area contributed by atoms with Gasteiger partial charge in [0.2, 0.25) is 27.7 Å². The molecule has 4 N–H and O–H groups in total. The van der Waals surface area contributed by atoms with Gasteiger partial charge >= 0.3 is 0 Å². The lowest BCUT2D eigenvalue weighted by atomic mass is 10.1. The monoisotopic (exact) mass is 533 g/mol. The summed E-state index contributed by atoms with van der Waals surface area (Å²) in [5.74, 6) is -1.19. The number of nitrogens with zero attached hydrogens (tertiary/aromatic N) is 4. The molecule has 2 rings (SSSR count). The zero-order valence-corrected chi connectivity index (χ0v) is 21.3. The number of aromatic nitrogens is 1. The maximum Gasteiger partial charge on any atom is 0.271 e. The van der Waals surface area contributed by atoms with Crippen molar-refractivity contribution >= 4 is 33.2 Å². The average Bonchev–Trinajstić information content (AvgIpc) is 2.84. The van der Waals surface area contributed by atoms with Crippen molar-refractivity contribution in [3.05, 3.63) is 45.7 Å². The molecule has 0 atom stereocenters. The highest BCUT2D eigenvalue weighted by molar-refractivity contribution is 7.89. The summed E-state index contributed by atoms with van der Waals surface area (Å²) in [4.78, 5) is 34.7. The Labute approximate surface area is 213 Å². The number of amides is 2. The van der Waals surface area contributed by atoms with Crippen molar-refractivity contribution in [3.63, 3.8) is 0 Å². The summed E-state index contributed by atoms with van der Waals surface area (Å²) in [6, 6.07) is 7.12. The van der Waals surface area contributed by atoms with Crippen LogP contribution in [0.15, 0.2) is 44.2 Å². The molecule has 0 aliphatic carbocycles. The first kappa shape index (κ1) is 29.1. The van der Waals surface area contributed by atoms with Gasteiger partial charge in [0.05, 0.1) is 17.2 Å². The molecule has 15 heteroatoms. The largest absolute Gasteiger partial charge is 0.493 e. The first-order chi connectivity index (χ1) is 17.5. The number of benzene rings is 1. The predicted octanol–water partition coefficient (Wildman–Crippen LogP) is 0.538. The molecular weight excluding hydrogens is 506 g/mol. The molecule has 0 spiro atoms. The van der Waals surface area contributed by atoms with E-state index in [-0.39, 0.29) is 72.0 Å². The molecule has 0 saturated heterocycles. The summed E-state index contributed by atoms with van der Waals surface area (Å²) in [7, 11) is -2.49. The predicted molar refractivity (Wildman–Crippen MR) is 131 cm³/mol. The van der Waals surface area contributed by atoms with Crippen LogP contribution in [0.25, 0.3) is 0 Å². The number of hydrogen-bond acceptors (Lipinski definition) is 10. The van der Waals surface area contributed by atoms with E-state index in [0.717, 1.165) is 4.57 Å². The van der Waals surface area contributed by atoms with Crippen LogP contribution < -0.4 is 20.9 Å². The van der Waals surface area contributed by atoms with Gasteiger partial charge in [0.1, 0.15) is 11.6 Å².